The van der Waals surface area contributed by atoms with Crippen molar-refractivity contribution >= 4 is 27.3 Å². The van der Waals surface area contributed by atoms with Gasteiger partial charge in [-0.3, -0.25) is 0 Å². The zero-order valence-corrected chi connectivity index (χ0v) is 25.3. The zero-order valence-electron chi connectivity index (χ0n) is 24.5. The number of sulfone groups is 1. The standard InChI is InChI=1S/C30H40F3N5O3S/c1-20(2)37-10-6-28(7-11-37)15-23(16-28)42(39,40)22-4-5-25(21(3)14-22)35-27-34-17-24(30(31,32)33)26(36-27)38-12-8-29(9-13-38)18-41-19-29/h4-5,14,17,20,23H,6-13,15-16,18-19H2,1-3H3,(H,34,35,36). The van der Waals surface area contributed by atoms with Gasteiger partial charge in [0.15, 0.2) is 9.84 Å². The number of nitrogens with zero attached hydrogens (tertiary/aromatic N) is 4. The number of aromatic nitrogens is 2. The van der Waals surface area contributed by atoms with Crippen LogP contribution in [0.2, 0.25) is 0 Å². The predicted octanol–water partition coefficient (Wildman–Crippen LogP) is 5.59. The van der Waals surface area contributed by atoms with Crippen LogP contribution in [-0.4, -0.2) is 74.0 Å². The van der Waals surface area contributed by atoms with Gasteiger partial charge >= 0.3 is 6.18 Å². The Bertz CT molecular complexity index is 1420. The summed E-state index contributed by atoms with van der Waals surface area (Å²) in [6.45, 7) is 10.5. The first-order valence-corrected chi connectivity index (χ1v) is 16.5. The maximum Gasteiger partial charge on any atom is 0.421 e. The molecule has 0 atom stereocenters. The van der Waals surface area contributed by atoms with Crippen LogP contribution in [0, 0.1) is 17.8 Å². The van der Waals surface area contributed by atoms with Crippen LogP contribution in [-0.2, 0) is 20.8 Å². The van der Waals surface area contributed by atoms with Gasteiger partial charge in [0.1, 0.15) is 11.4 Å². The number of alkyl halides is 3. The van der Waals surface area contributed by atoms with Crippen molar-refractivity contribution in [1.29, 1.82) is 0 Å². The molecular weight excluding hydrogens is 567 g/mol. The quantitative estimate of drug-likeness (QED) is 0.455. The van der Waals surface area contributed by atoms with E-state index in [9.17, 15) is 21.6 Å². The summed E-state index contributed by atoms with van der Waals surface area (Å²) >= 11 is 0. The molecule has 0 bridgehead atoms. The Morgan fingerprint density at radius 3 is 2.21 bits per heavy atom. The summed E-state index contributed by atoms with van der Waals surface area (Å²) in [4.78, 5) is 12.7. The predicted molar refractivity (Wildman–Crippen MR) is 155 cm³/mol. The molecule has 1 aromatic carbocycles. The van der Waals surface area contributed by atoms with E-state index in [4.69, 9.17) is 4.74 Å². The fraction of sp³-hybridized carbons (Fsp3) is 0.667. The van der Waals surface area contributed by atoms with Crippen molar-refractivity contribution in [2.24, 2.45) is 10.8 Å². The second-order valence-electron chi connectivity index (χ2n) is 13.2. The Labute approximate surface area is 246 Å². The third-order valence-corrected chi connectivity index (χ3v) is 12.3. The zero-order chi connectivity index (χ0) is 29.9. The van der Waals surface area contributed by atoms with E-state index in [1.54, 1.807) is 30.0 Å². The fourth-order valence-electron chi connectivity index (χ4n) is 7.06. The molecule has 3 saturated heterocycles. The normalized spacial score (nSPS) is 22.8. The number of halogens is 3. The number of benzene rings is 1. The fourth-order valence-corrected chi connectivity index (χ4v) is 9.19. The van der Waals surface area contributed by atoms with Crippen LogP contribution in [0.5, 0.6) is 0 Å². The van der Waals surface area contributed by atoms with Crippen molar-refractivity contribution in [3.8, 4) is 0 Å². The minimum absolute atomic E-state index is 0.0395. The van der Waals surface area contributed by atoms with Gasteiger partial charge < -0.3 is 19.9 Å². The average molecular weight is 608 g/mol. The molecule has 42 heavy (non-hydrogen) atoms. The molecule has 2 spiro atoms. The van der Waals surface area contributed by atoms with Gasteiger partial charge in [-0.2, -0.15) is 18.2 Å². The second-order valence-corrected chi connectivity index (χ2v) is 15.4. The minimum atomic E-state index is -4.58. The van der Waals surface area contributed by atoms with Gasteiger partial charge in [-0.05, 0) is 102 Å². The van der Waals surface area contributed by atoms with Crippen molar-refractivity contribution in [2.75, 3.05) is 49.6 Å². The number of piperidine rings is 2. The van der Waals surface area contributed by atoms with Gasteiger partial charge in [0.05, 0.1) is 23.4 Å². The molecule has 1 N–H and O–H groups in total. The lowest BCUT2D eigenvalue weighted by Gasteiger charge is -2.52. The molecule has 2 aromatic rings. The number of aryl methyl sites for hydroxylation is 1. The third-order valence-electron chi connectivity index (χ3n) is 10.1. The Balaban J connectivity index is 1.15. The largest absolute Gasteiger partial charge is 0.421 e. The molecule has 8 nitrogen and oxygen atoms in total. The number of anilines is 3. The first-order chi connectivity index (χ1) is 19.8. The lowest BCUT2D eigenvalue weighted by molar-refractivity contribution is -0.138. The van der Waals surface area contributed by atoms with Gasteiger partial charge in [-0.25, -0.2) is 13.4 Å². The first-order valence-electron chi connectivity index (χ1n) is 14.9. The van der Waals surface area contributed by atoms with Crippen LogP contribution in [0.25, 0.3) is 0 Å². The average Bonchev–Trinajstić information content (AvgIpc) is 2.91. The highest BCUT2D eigenvalue weighted by atomic mass is 32.2. The molecule has 1 aromatic heterocycles. The number of nitrogens with one attached hydrogen (secondary N) is 1. The molecule has 230 valence electrons. The maximum atomic E-state index is 13.9. The van der Waals surface area contributed by atoms with Crippen LogP contribution in [0.15, 0.2) is 29.3 Å². The number of hydrogen-bond acceptors (Lipinski definition) is 8. The highest BCUT2D eigenvalue weighted by Crippen LogP contribution is 2.53. The van der Waals surface area contributed by atoms with Crippen LogP contribution >= 0.6 is 0 Å². The Kier molecular flexibility index (Phi) is 7.49. The molecule has 0 unspecified atom stereocenters. The summed E-state index contributed by atoms with van der Waals surface area (Å²) in [5.74, 6) is -0.0947. The van der Waals surface area contributed by atoms with E-state index in [0.29, 0.717) is 56.4 Å². The van der Waals surface area contributed by atoms with Gasteiger partial charge in [0, 0.05) is 36.4 Å². The summed E-state index contributed by atoms with van der Waals surface area (Å²) < 4.78 is 73.9. The molecule has 6 rings (SSSR count). The van der Waals surface area contributed by atoms with Gasteiger partial charge in [0.25, 0.3) is 0 Å². The first kappa shape index (κ1) is 29.6. The monoisotopic (exact) mass is 607 g/mol. The number of ether oxygens (including phenoxy) is 1. The van der Waals surface area contributed by atoms with E-state index in [1.165, 1.54) is 0 Å². The van der Waals surface area contributed by atoms with E-state index in [-0.39, 0.29) is 32.7 Å². The van der Waals surface area contributed by atoms with E-state index < -0.39 is 21.6 Å². The minimum Gasteiger partial charge on any atom is -0.380 e. The Morgan fingerprint density at radius 1 is 1.02 bits per heavy atom. The third kappa shape index (κ3) is 5.50. The van der Waals surface area contributed by atoms with E-state index >= 15 is 0 Å². The molecule has 12 heteroatoms. The van der Waals surface area contributed by atoms with Crippen molar-refractivity contribution < 1.29 is 26.3 Å². The molecule has 4 fully saturated rings. The number of likely N-dealkylation sites (tertiary alicyclic amines) is 1. The van der Waals surface area contributed by atoms with Crippen molar-refractivity contribution in [3.05, 3.63) is 35.5 Å². The molecule has 3 aliphatic heterocycles. The molecular formula is C30H40F3N5O3S. The highest BCUT2D eigenvalue weighted by Gasteiger charge is 2.51. The van der Waals surface area contributed by atoms with Gasteiger partial charge in [-0.1, -0.05) is 0 Å². The molecule has 0 amide bonds. The summed E-state index contributed by atoms with van der Waals surface area (Å²) in [6, 6.07) is 5.38. The lowest BCUT2D eigenvalue weighted by atomic mass is 9.63. The van der Waals surface area contributed by atoms with E-state index in [2.05, 4.69) is 34.0 Å². The maximum absolute atomic E-state index is 13.9. The lowest BCUT2D eigenvalue weighted by Crippen LogP contribution is -2.52. The van der Waals surface area contributed by atoms with Gasteiger partial charge in [-0.15, -0.1) is 0 Å². The van der Waals surface area contributed by atoms with Crippen molar-refractivity contribution in [3.63, 3.8) is 0 Å². The molecule has 4 aliphatic rings. The molecule has 1 aliphatic carbocycles. The molecule has 1 saturated carbocycles. The number of rotatable bonds is 6. The van der Waals surface area contributed by atoms with Crippen molar-refractivity contribution in [1.82, 2.24) is 14.9 Å². The topological polar surface area (TPSA) is 87.7 Å². The number of hydrogen-bond donors (Lipinski definition) is 1. The Hall–Kier alpha value is -2.44. The second kappa shape index (κ2) is 10.6. The summed E-state index contributed by atoms with van der Waals surface area (Å²) in [6.07, 6.45) is 1.24. The van der Waals surface area contributed by atoms with Gasteiger partial charge in [0.2, 0.25) is 5.95 Å². The summed E-state index contributed by atoms with van der Waals surface area (Å²) in [5.41, 5.74) is 0.561. The smallest absolute Gasteiger partial charge is 0.380 e. The summed E-state index contributed by atoms with van der Waals surface area (Å²) in [5, 5.41) is 2.65. The Morgan fingerprint density at radius 2 is 1.67 bits per heavy atom. The van der Waals surface area contributed by atoms with Crippen molar-refractivity contribution in [2.45, 2.75) is 81.7 Å². The van der Waals surface area contributed by atoms with Crippen LogP contribution in [0.4, 0.5) is 30.6 Å². The van der Waals surface area contributed by atoms with Crippen LogP contribution in [0.3, 0.4) is 0 Å². The SMILES string of the molecule is Cc1cc(S(=O)(=O)C2CC3(CCN(C(C)C)CC3)C2)ccc1Nc1ncc(C(F)(F)F)c(N2CCC3(CC2)COC3)n1. The summed E-state index contributed by atoms with van der Waals surface area (Å²) in [7, 11) is -3.48. The molecule has 4 heterocycles. The van der Waals surface area contributed by atoms with E-state index in [0.717, 1.165) is 45.0 Å². The van der Waals surface area contributed by atoms with E-state index in [1.807, 2.05) is 0 Å². The highest BCUT2D eigenvalue weighted by molar-refractivity contribution is 7.92. The molecule has 0 radical (unpaired) electrons. The van der Waals surface area contributed by atoms with Crippen LogP contribution < -0.4 is 10.2 Å². The van der Waals surface area contributed by atoms with Crippen LogP contribution in [0.1, 0.15) is 63.5 Å².